The predicted molar refractivity (Wildman–Crippen MR) is 69.1 cm³/mol. The van der Waals surface area contributed by atoms with E-state index in [-0.39, 0.29) is 5.56 Å². The molecule has 18 heavy (non-hydrogen) atoms. The second-order valence-electron chi connectivity index (χ2n) is 4.11. The fraction of sp³-hybridized carbons (Fsp3) is 0.0769. The van der Waals surface area contributed by atoms with Gasteiger partial charge in [0.2, 0.25) is 5.89 Å². The highest BCUT2D eigenvalue weighted by molar-refractivity contribution is 5.79. The number of nitrogens with two attached hydrogens (primary N) is 1. The van der Waals surface area contributed by atoms with Crippen molar-refractivity contribution >= 4 is 16.8 Å². The van der Waals surface area contributed by atoms with E-state index in [0.29, 0.717) is 28.2 Å². The number of hydrogen-bond donors (Lipinski definition) is 1. The Hall–Kier alpha value is -2.56. The zero-order valence-electron chi connectivity index (χ0n) is 9.75. The van der Waals surface area contributed by atoms with Crippen LogP contribution in [0.4, 0.5) is 5.69 Å². The van der Waals surface area contributed by atoms with E-state index in [2.05, 4.69) is 4.98 Å². The third kappa shape index (κ3) is 1.66. The van der Waals surface area contributed by atoms with Gasteiger partial charge >= 0.3 is 0 Å². The van der Waals surface area contributed by atoms with Gasteiger partial charge in [0, 0.05) is 30.6 Å². The number of hydrogen-bond acceptors (Lipinski definition) is 4. The van der Waals surface area contributed by atoms with Crippen LogP contribution >= 0.6 is 0 Å². The topological polar surface area (TPSA) is 74.1 Å². The Balaban J connectivity index is 2.19. The van der Waals surface area contributed by atoms with Crippen molar-refractivity contribution in [1.82, 2.24) is 9.55 Å². The highest BCUT2D eigenvalue weighted by Gasteiger charge is 2.09. The first kappa shape index (κ1) is 10.6. The Morgan fingerprint density at radius 3 is 2.89 bits per heavy atom. The van der Waals surface area contributed by atoms with Crippen LogP contribution in [0.2, 0.25) is 0 Å². The van der Waals surface area contributed by atoms with Crippen LogP contribution in [0.25, 0.3) is 22.6 Å². The third-order valence-electron chi connectivity index (χ3n) is 2.76. The number of aromatic nitrogens is 2. The quantitative estimate of drug-likeness (QED) is 0.659. The Morgan fingerprint density at radius 2 is 2.11 bits per heavy atom. The maximum atomic E-state index is 11.6. The Kier molecular flexibility index (Phi) is 2.19. The molecule has 1 aromatic carbocycles. The largest absolute Gasteiger partial charge is 0.436 e. The lowest BCUT2D eigenvalue weighted by Gasteiger charge is -1.97. The smallest absolute Gasteiger partial charge is 0.251 e. The molecule has 0 amide bonds. The van der Waals surface area contributed by atoms with Gasteiger partial charge in [0.1, 0.15) is 5.52 Å². The summed E-state index contributed by atoms with van der Waals surface area (Å²) in [6.07, 6.45) is 1.68. The van der Waals surface area contributed by atoms with E-state index >= 15 is 0 Å². The van der Waals surface area contributed by atoms with Gasteiger partial charge in [-0.15, -0.1) is 0 Å². The molecule has 0 fully saturated rings. The number of anilines is 1. The summed E-state index contributed by atoms with van der Waals surface area (Å²) in [5, 5.41) is 0. The maximum Gasteiger partial charge on any atom is 0.251 e. The van der Waals surface area contributed by atoms with Gasteiger partial charge in [-0.3, -0.25) is 4.79 Å². The molecule has 0 bridgehead atoms. The molecule has 0 saturated carbocycles. The van der Waals surface area contributed by atoms with Gasteiger partial charge in [0.05, 0.1) is 0 Å². The van der Waals surface area contributed by atoms with Crippen LogP contribution in [-0.4, -0.2) is 9.55 Å². The molecular formula is C13H11N3O2. The van der Waals surface area contributed by atoms with E-state index in [1.807, 2.05) is 0 Å². The summed E-state index contributed by atoms with van der Waals surface area (Å²) >= 11 is 0. The van der Waals surface area contributed by atoms with Crippen LogP contribution in [0.15, 0.2) is 45.7 Å². The molecule has 0 spiro atoms. The number of oxazole rings is 1. The molecule has 0 aliphatic heterocycles. The van der Waals surface area contributed by atoms with E-state index in [9.17, 15) is 4.79 Å². The first-order valence-electron chi connectivity index (χ1n) is 5.46. The van der Waals surface area contributed by atoms with Gasteiger partial charge in [-0.1, -0.05) is 0 Å². The van der Waals surface area contributed by atoms with Crippen molar-refractivity contribution in [3.63, 3.8) is 0 Å². The molecule has 3 rings (SSSR count). The van der Waals surface area contributed by atoms with Gasteiger partial charge in [0.25, 0.3) is 5.56 Å². The van der Waals surface area contributed by atoms with Gasteiger partial charge in [-0.2, -0.15) is 0 Å². The van der Waals surface area contributed by atoms with Crippen LogP contribution in [-0.2, 0) is 7.05 Å². The molecule has 3 aromatic rings. The first-order valence-corrected chi connectivity index (χ1v) is 5.46. The highest BCUT2D eigenvalue weighted by atomic mass is 16.3. The van der Waals surface area contributed by atoms with Crippen molar-refractivity contribution in [2.24, 2.45) is 7.05 Å². The number of fused-ring (bicyclic) bond motifs is 1. The lowest BCUT2D eigenvalue weighted by atomic mass is 10.2. The standard InChI is InChI=1S/C13H11N3O2/c1-16-5-4-8(6-12(16)17)13-15-10-7-9(14)2-3-11(10)18-13/h2-7H,14H2,1H3. The normalized spacial score (nSPS) is 10.9. The number of nitrogen functional groups attached to an aromatic ring is 1. The van der Waals surface area contributed by atoms with Crippen LogP contribution in [0.1, 0.15) is 0 Å². The van der Waals surface area contributed by atoms with Crippen molar-refractivity contribution in [1.29, 1.82) is 0 Å². The van der Waals surface area contributed by atoms with E-state index in [1.54, 1.807) is 37.5 Å². The second kappa shape index (κ2) is 3.73. The molecule has 2 aromatic heterocycles. The summed E-state index contributed by atoms with van der Waals surface area (Å²) in [5.41, 5.74) is 8.21. The Labute approximate surface area is 102 Å². The van der Waals surface area contributed by atoms with Crippen LogP contribution in [0, 0.1) is 0 Å². The summed E-state index contributed by atoms with van der Waals surface area (Å²) in [6.45, 7) is 0. The number of rotatable bonds is 1. The fourth-order valence-corrected chi connectivity index (χ4v) is 1.75. The fourth-order valence-electron chi connectivity index (χ4n) is 1.75. The van der Waals surface area contributed by atoms with Crippen LogP contribution < -0.4 is 11.3 Å². The van der Waals surface area contributed by atoms with E-state index < -0.39 is 0 Å². The molecule has 0 unspecified atom stereocenters. The molecule has 2 N–H and O–H groups in total. The predicted octanol–water partition coefficient (Wildman–Crippen LogP) is 1.78. The average Bonchev–Trinajstić information content (AvgIpc) is 2.75. The Morgan fingerprint density at radius 1 is 1.28 bits per heavy atom. The summed E-state index contributed by atoms with van der Waals surface area (Å²) in [4.78, 5) is 15.9. The van der Waals surface area contributed by atoms with Crippen molar-refractivity contribution in [2.45, 2.75) is 0 Å². The average molecular weight is 241 g/mol. The second-order valence-corrected chi connectivity index (χ2v) is 4.11. The zero-order chi connectivity index (χ0) is 12.7. The minimum absolute atomic E-state index is 0.103. The van der Waals surface area contributed by atoms with E-state index in [1.165, 1.54) is 10.6 Å². The SMILES string of the molecule is Cn1ccc(-c2nc3cc(N)ccc3o2)cc1=O. The lowest BCUT2D eigenvalue weighted by Crippen LogP contribution is -2.14. The van der Waals surface area contributed by atoms with Crippen LogP contribution in [0.5, 0.6) is 0 Å². The molecule has 0 aliphatic carbocycles. The lowest BCUT2D eigenvalue weighted by molar-refractivity contribution is 0.619. The molecule has 0 saturated heterocycles. The van der Waals surface area contributed by atoms with Gasteiger partial charge in [0.15, 0.2) is 5.58 Å². The van der Waals surface area contributed by atoms with Gasteiger partial charge in [-0.25, -0.2) is 4.98 Å². The molecule has 5 heteroatoms. The van der Waals surface area contributed by atoms with E-state index in [4.69, 9.17) is 10.2 Å². The van der Waals surface area contributed by atoms with Crippen molar-refractivity contribution in [3.8, 4) is 11.5 Å². The number of pyridine rings is 1. The maximum absolute atomic E-state index is 11.6. The number of nitrogens with zero attached hydrogens (tertiary/aromatic N) is 2. The van der Waals surface area contributed by atoms with Crippen molar-refractivity contribution in [3.05, 3.63) is 46.9 Å². The molecular weight excluding hydrogens is 230 g/mol. The number of benzene rings is 1. The van der Waals surface area contributed by atoms with Gasteiger partial charge in [-0.05, 0) is 24.3 Å². The molecule has 5 nitrogen and oxygen atoms in total. The number of aryl methyl sites for hydroxylation is 1. The molecule has 0 radical (unpaired) electrons. The molecule has 90 valence electrons. The van der Waals surface area contributed by atoms with Crippen molar-refractivity contribution in [2.75, 3.05) is 5.73 Å². The molecule has 0 atom stereocenters. The van der Waals surface area contributed by atoms with Crippen LogP contribution in [0.3, 0.4) is 0 Å². The van der Waals surface area contributed by atoms with Crippen molar-refractivity contribution < 1.29 is 4.42 Å². The third-order valence-corrected chi connectivity index (χ3v) is 2.76. The summed E-state index contributed by atoms with van der Waals surface area (Å²) in [5.74, 6) is 0.424. The molecule has 0 aliphatic rings. The minimum Gasteiger partial charge on any atom is -0.436 e. The molecule has 2 heterocycles. The minimum atomic E-state index is -0.103. The van der Waals surface area contributed by atoms with Gasteiger partial charge < -0.3 is 14.7 Å². The summed E-state index contributed by atoms with van der Waals surface area (Å²) in [6, 6.07) is 8.54. The first-order chi connectivity index (χ1) is 8.63. The Bertz CT molecular complexity index is 786. The van der Waals surface area contributed by atoms with E-state index in [0.717, 1.165) is 0 Å². The highest BCUT2D eigenvalue weighted by Crippen LogP contribution is 2.24. The zero-order valence-corrected chi connectivity index (χ0v) is 9.75. The monoisotopic (exact) mass is 241 g/mol. The summed E-state index contributed by atoms with van der Waals surface area (Å²) in [7, 11) is 1.69. The summed E-state index contributed by atoms with van der Waals surface area (Å²) < 4.78 is 7.08.